The first-order valence-electron chi connectivity index (χ1n) is 5.48. The van der Waals surface area contributed by atoms with E-state index in [4.69, 9.17) is 0 Å². The van der Waals surface area contributed by atoms with Crippen molar-refractivity contribution in [1.29, 1.82) is 0 Å². The zero-order chi connectivity index (χ0) is 12.7. The van der Waals surface area contributed by atoms with Crippen LogP contribution in [0.1, 0.15) is 36.5 Å². The normalized spacial score (nSPS) is 9.76. The third kappa shape index (κ3) is 4.63. The molecule has 0 saturated carbocycles. The molecule has 0 atom stereocenters. The highest BCUT2D eigenvalue weighted by Gasteiger charge is 2.06. The van der Waals surface area contributed by atoms with Gasteiger partial charge in [0.25, 0.3) is 5.91 Å². The highest BCUT2D eigenvalue weighted by Crippen LogP contribution is 2.01. The van der Waals surface area contributed by atoms with Crippen LogP contribution >= 0.6 is 0 Å². The van der Waals surface area contributed by atoms with Crippen molar-refractivity contribution < 1.29 is 14.0 Å². The van der Waals surface area contributed by atoms with E-state index in [0.29, 0.717) is 12.0 Å². The van der Waals surface area contributed by atoms with Crippen molar-refractivity contribution in [2.75, 3.05) is 0 Å². The quantitative estimate of drug-likeness (QED) is 0.785. The Morgan fingerprint density at radius 2 is 1.82 bits per heavy atom. The Bertz CT molecular complexity index is 390. The van der Waals surface area contributed by atoms with E-state index in [2.05, 4.69) is 10.9 Å². The smallest absolute Gasteiger partial charge is 0.269 e. The Balaban J connectivity index is 2.39. The SMILES string of the molecule is CCCCC(=O)NNC(=O)c1ccc(F)cc1. The molecule has 2 amide bonds. The summed E-state index contributed by atoms with van der Waals surface area (Å²) in [6.07, 6.45) is 2.07. The van der Waals surface area contributed by atoms with Crippen molar-refractivity contribution in [3.8, 4) is 0 Å². The van der Waals surface area contributed by atoms with Crippen molar-refractivity contribution in [2.45, 2.75) is 26.2 Å². The molecule has 1 rings (SSSR count). The van der Waals surface area contributed by atoms with Gasteiger partial charge < -0.3 is 0 Å². The average molecular weight is 238 g/mol. The van der Waals surface area contributed by atoms with E-state index in [9.17, 15) is 14.0 Å². The number of carbonyl (C=O) groups is 2. The van der Waals surface area contributed by atoms with Crippen LogP contribution in [-0.2, 0) is 4.79 Å². The lowest BCUT2D eigenvalue weighted by atomic mass is 10.2. The largest absolute Gasteiger partial charge is 0.273 e. The predicted octanol–water partition coefficient (Wildman–Crippen LogP) is 1.78. The van der Waals surface area contributed by atoms with Crippen LogP contribution in [0.15, 0.2) is 24.3 Å². The van der Waals surface area contributed by atoms with Gasteiger partial charge in [-0.05, 0) is 30.7 Å². The summed E-state index contributed by atoms with van der Waals surface area (Å²) in [4.78, 5) is 22.7. The first kappa shape index (κ1) is 13.2. The van der Waals surface area contributed by atoms with E-state index in [1.165, 1.54) is 24.3 Å². The van der Waals surface area contributed by atoms with Crippen LogP contribution in [-0.4, -0.2) is 11.8 Å². The molecule has 0 bridgehead atoms. The zero-order valence-corrected chi connectivity index (χ0v) is 9.63. The second-order valence-electron chi connectivity index (χ2n) is 3.61. The number of hydrogen-bond acceptors (Lipinski definition) is 2. The predicted molar refractivity (Wildman–Crippen MR) is 61.5 cm³/mol. The van der Waals surface area contributed by atoms with Crippen LogP contribution in [0.25, 0.3) is 0 Å². The first-order valence-corrected chi connectivity index (χ1v) is 5.48. The van der Waals surface area contributed by atoms with Crippen molar-refractivity contribution in [2.24, 2.45) is 0 Å². The van der Waals surface area contributed by atoms with E-state index >= 15 is 0 Å². The van der Waals surface area contributed by atoms with Crippen LogP contribution in [0.3, 0.4) is 0 Å². The maximum absolute atomic E-state index is 12.6. The van der Waals surface area contributed by atoms with E-state index in [1.54, 1.807) is 0 Å². The summed E-state index contributed by atoms with van der Waals surface area (Å²) in [7, 11) is 0. The third-order valence-corrected chi connectivity index (χ3v) is 2.18. The molecule has 0 fully saturated rings. The number of nitrogens with one attached hydrogen (secondary N) is 2. The molecule has 5 heteroatoms. The Kier molecular flexibility index (Phi) is 5.13. The fraction of sp³-hybridized carbons (Fsp3) is 0.333. The summed E-state index contributed by atoms with van der Waals surface area (Å²) in [6, 6.07) is 5.08. The van der Waals surface area contributed by atoms with E-state index in [1.807, 2.05) is 6.92 Å². The minimum atomic E-state index is -0.463. The van der Waals surface area contributed by atoms with Crippen LogP contribution in [0, 0.1) is 5.82 Å². The van der Waals surface area contributed by atoms with Gasteiger partial charge in [0.1, 0.15) is 5.82 Å². The monoisotopic (exact) mass is 238 g/mol. The van der Waals surface area contributed by atoms with Gasteiger partial charge in [-0.25, -0.2) is 4.39 Å². The van der Waals surface area contributed by atoms with Gasteiger partial charge in [0.05, 0.1) is 0 Å². The molecular formula is C12H15FN2O2. The maximum Gasteiger partial charge on any atom is 0.269 e. The molecule has 2 N–H and O–H groups in total. The molecular weight excluding hydrogens is 223 g/mol. The van der Waals surface area contributed by atoms with Crippen LogP contribution in [0.5, 0.6) is 0 Å². The number of carbonyl (C=O) groups excluding carboxylic acids is 2. The number of hydrogen-bond donors (Lipinski definition) is 2. The average Bonchev–Trinajstić information content (AvgIpc) is 2.34. The minimum absolute atomic E-state index is 0.234. The Labute approximate surface area is 99.2 Å². The molecule has 0 saturated heterocycles. The van der Waals surface area contributed by atoms with Gasteiger partial charge in [0.2, 0.25) is 5.91 Å². The second-order valence-corrected chi connectivity index (χ2v) is 3.61. The van der Waals surface area contributed by atoms with Gasteiger partial charge in [-0.1, -0.05) is 13.3 Å². The Morgan fingerprint density at radius 3 is 2.41 bits per heavy atom. The van der Waals surface area contributed by atoms with Gasteiger partial charge in [0, 0.05) is 12.0 Å². The molecule has 0 aromatic heterocycles. The number of unbranched alkanes of at least 4 members (excludes halogenated alkanes) is 1. The molecule has 0 aliphatic rings. The minimum Gasteiger partial charge on any atom is -0.273 e. The zero-order valence-electron chi connectivity index (χ0n) is 9.63. The van der Waals surface area contributed by atoms with Gasteiger partial charge in [-0.15, -0.1) is 0 Å². The summed E-state index contributed by atoms with van der Waals surface area (Å²) < 4.78 is 12.6. The van der Waals surface area contributed by atoms with E-state index < -0.39 is 11.7 Å². The number of hydrazine groups is 1. The highest BCUT2D eigenvalue weighted by molar-refractivity contribution is 5.95. The molecule has 1 aromatic carbocycles. The standard InChI is InChI=1S/C12H15FN2O2/c1-2-3-4-11(16)14-15-12(17)9-5-7-10(13)8-6-9/h5-8H,2-4H2,1H3,(H,14,16)(H,15,17). The molecule has 0 radical (unpaired) electrons. The molecule has 0 unspecified atom stereocenters. The molecule has 0 spiro atoms. The number of amides is 2. The van der Waals surface area contributed by atoms with Gasteiger partial charge in [-0.2, -0.15) is 0 Å². The third-order valence-electron chi connectivity index (χ3n) is 2.18. The summed E-state index contributed by atoms with van der Waals surface area (Å²) in [6.45, 7) is 1.98. The lowest BCUT2D eigenvalue weighted by molar-refractivity contribution is -0.121. The molecule has 17 heavy (non-hydrogen) atoms. The Morgan fingerprint density at radius 1 is 1.18 bits per heavy atom. The summed E-state index contributed by atoms with van der Waals surface area (Å²) >= 11 is 0. The fourth-order valence-corrected chi connectivity index (χ4v) is 1.20. The number of benzene rings is 1. The lowest BCUT2D eigenvalue weighted by Crippen LogP contribution is -2.41. The van der Waals surface area contributed by atoms with Gasteiger partial charge >= 0.3 is 0 Å². The first-order chi connectivity index (χ1) is 8.13. The van der Waals surface area contributed by atoms with Crippen LogP contribution in [0.4, 0.5) is 4.39 Å². The molecule has 0 aliphatic heterocycles. The van der Waals surface area contributed by atoms with Crippen LogP contribution in [0.2, 0.25) is 0 Å². The molecule has 4 nitrogen and oxygen atoms in total. The maximum atomic E-state index is 12.6. The van der Waals surface area contributed by atoms with Crippen molar-refractivity contribution in [1.82, 2.24) is 10.9 Å². The van der Waals surface area contributed by atoms with Crippen molar-refractivity contribution >= 4 is 11.8 Å². The molecule has 92 valence electrons. The highest BCUT2D eigenvalue weighted by atomic mass is 19.1. The van der Waals surface area contributed by atoms with E-state index in [-0.39, 0.29) is 5.91 Å². The lowest BCUT2D eigenvalue weighted by Gasteiger charge is -2.06. The topological polar surface area (TPSA) is 58.2 Å². The van der Waals surface area contributed by atoms with Crippen LogP contribution < -0.4 is 10.9 Å². The molecule has 1 aromatic rings. The summed E-state index contributed by atoms with van der Waals surface area (Å²) in [5, 5.41) is 0. The van der Waals surface area contributed by atoms with Gasteiger partial charge in [0.15, 0.2) is 0 Å². The van der Waals surface area contributed by atoms with Crippen molar-refractivity contribution in [3.05, 3.63) is 35.6 Å². The number of halogens is 1. The second kappa shape index (κ2) is 6.62. The molecule has 0 aliphatic carbocycles. The van der Waals surface area contributed by atoms with Gasteiger partial charge in [-0.3, -0.25) is 20.4 Å². The Hall–Kier alpha value is -1.91. The molecule has 0 heterocycles. The summed E-state index contributed by atoms with van der Waals surface area (Å²) in [5.41, 5.74) is 4.86. The fourth-order valence-electron chi connectivity index (χ4n) is 1.20. The number of rotatable bonds is 4. The summed E-state index contributed by atoms with van der Waals surface area (Å²) in [5.74, 6) is -1.11. The van der Waals surface area contributed by atoms with E-state index in [0.717, 1.165) is 12.8 Å². The van der Waals surface area contributed by atoms with Crippen molar-refractivity contribution in [3.63, 3.8) is 0 Å².